The Morgan fingerprint density at radius 3 is 2.54 bits per heavy atom. The van der Waals surface area contributed by atoms with Gasteiger partial charge in [-0.05, 0) is 31.0 Å². The van der Waals surface area contributed by atoms with E-state index in [0.717, 1.165) is 24.2 Å². The first-order valence-electron chi connectivity index (χ1n) is 8.92. The van der Waals surface area contributed by atoms with Gasteiger partial charge in [-0.2, -0.15) is 5.10 Å². The van der Waals surface area contributed by atoms with E-state index in [1.165, 1.54) is 0 Å². The molecule has 0 saturated carbocycles. The van der Waals surface area contributed by atoms with Gasteiger partial charge in [0.1, 0.15) is 5.69 Å². The topological polar surface area (TPSA) is 70.5 Å². The highest BCUT2D eigenvalue weighted by molar-refractivity contribution is 5.97. The highest BCUT2D eigenvalue weighted by Gasteiger charge is 2.42. The van der Waals surface area contributed by atoms with Crippen LogP contribution >= 0.6 is 0 Å². The van der Waals surface area contributed by atoms with Crippen molar-refractivity contribution >= 4 is 23.2 Å². The number of nitrogens with zero attached hydrogens (tertiary/aromatic N) is 4. The Balaban J connectivity index is 1.52. The number of fused-ring (bicyclic) bond motifs is 1. The molecule has 1 aromatic heterocycles. The number of amides is 2. The van der Waals surface area contributed by atoms with Crippen LogP contribution in [0.25, 0.3) is 0 Å². The van der Waals surface area contributed by atoms with Gasteiger partial charge in [0.25, 0.3) is 5.91 Å². The summed E-state index contributed by atoms with van der Waals surface area (Å²) in [5.41, 5.74) is 2.20. The van der Waals surface area contributed by atoms with E-state index in [0.29, 0.717) is 25.3 Å². The van der Waals surface area contributed by atoms with Gasteiger partial charge in [0.2, 0.25) is 5.91 Å². The number of anilines is 2. The number of benzene rings is 1. The average molecular weight is 353 g/mol. The van der Waals surface area contributed by atoms with E-state index in [-0.39, 0.29) is 17.4 Å². The van der Waals surface area contributed by atoms with Gasteiger partial charge in [-0.1, -0.05) is 12.1 Å². The zero-order valence-electron chi connectivity index (χ0n) is 15.1. The van der Waals surface area contributed by atoms with Crippen LogP contribution < -0.4 is 10.2 Å². The molecule has 2 aromatic rings. The van der Waals surface area contributed by atoms with Gasteiger partial charge in [-0.3, -0.25) is 14.3 Å². The third-order valence-electron chi connectivity index (χ3n) is 5.38. The fourth-order valence-corrected chi connectivity index (χ4v) is 3.92. The molecule has 136 valence electrons. The zero-order valence-corrected chi connectivity index (χ0v) is 15.1. The number of aromatic nitrogens is 2. The number of carbonyl (C=O) groups is 2. The molecule has 0 bridgehead atoms. The van der Waals surface area contributed by atoms with Gasteiger partial charge in [0.05, 0.1) is 16.9 Å². The van der Waals surface area contributed by atoms with Crippen molar-refractivity contribution in [3.05, 3.63) is 42.2 Å². The molecule has 1 saturated heterocycles. The molecule has 3 heterocycles. The molecule has 0 unspecified atom stereocenters. The Bertz CT molecular complexity index is 851. The number of hydrogen-bond acceptors (Lipinski definition) is 4. The second-order valence-electron chi connectivity index (χ2n) is 7.19. The number of carbonyl (C=O) groups excluding carboxylic acids is 2. The summed E-state index contributed by atoms with van der Waals surface area (Å²) in [6.45, 7) is 3.53. The van der Waals surface area contributed by atoms with E-state index in [1.54, 1.807) is 23.9 Å². The second kappa shape index (κ2) is 6.16. The Hall–Kier alpha value is -2.83. The van der Waals surface area contributed by atoms with E-state index in [1.807, 2.05) is 41.1 Å². The number of para-hydroxylation sites is 2. The summed E-state index contributed by atoms with van der Waals surface area (Å²) in [5.74, 6) is 0.0189. The molecule has 0 radical (unpaired) electrons. The number of piperidine rings is 1. The maximum absolute atomic E-state index is 12.6. The maximum atomic E-state index is 12.6. The number of likely N-dealkylation sites (tertiary alicyclic amines) is 1. The molecule has 7 nitrogen and oxygen atoms in total. The van der Waals surface area contributed by atoms with Crippen LogP contribution in [-0.4, -0.2) is 51.7 Å². The normalized spacial score (nSPS) is 18.4. The molecule has 1 aromatic carbocycles. The molecular formula is C19H23N5O2. The second-order valence-corrected chi connectivity index (χ2v) is 7.19. The molecule has 26 heavy (non-hydrogen) atoms. The Labute approximate surface area is 152 Å². The highest BCUT2D eigenvalue weighted by Crippen LogP contribution is 2.39. The van der Waals surface area contributed by atoms with Gasteiger partial charge in [-0.25, -0.2) is 0 Å². The Morgan fingerprint density at radius 2 is 1.88 bits per heavy atom. The monoisotopic (exact) mass is 353 g/mol. The number of nitrogens with one attached hydrogen (secondary N) is 1. The van der Waals surface area contributed by atoms with Gasteiger partial charge in [0.15, 0.2) is 0 Å². The molecule has 2 amide bonds. The van der Waals surface area contributed by atoms with Crippen LogP contribution in [0.3, 0.4) is 0 Å². The minimum Gasteiger partial charge on any atom is -0.376 e. The fraction of sp³-hybridized carbons (Fsp3) is 0.421. The first-order chi connectivity index (χ1) is 12.5. The van der Waals surface area contributed by atoms with Crippen molar-refractivity contribution in [3.63, 3.8) is 0 Å². The van der Waals surface area contributed by atoms with E-state index >= 15 is 0 Å². The van der Waals surface area contributed by atoms with Crippen LogP contribution in [-0.2, 0) is 11.8 Å². The average Bonchev–Trinajstić information content (AvgIpc) is 3.07. The lowest BCUT2D eigenvalue weighted by molar-refractivity contribution is -0.116. The molecule has 1 spiro atoms. The van der Waals surface area contributed by atoms with Crippen LogP contribution in [0.5, 0.6) is 0 Å². The highest BCUT2D eigenvalue weighted by atomic mass is 16.2. The predicted octanol–water partition coefficient (Wildman–Crippen LogP) is 1.87. The number of rotatable bonds is 1. The molecule has 0 atom stereocenters. The van der Waals surface area contributed by atoms with Crippen LogP contribution in [0.1, 0.15) is 30.3 Å². The molecule has 7 heteroatoms. The standard InChI is InChI=1S/C19H23N5O2/c1-14(25)24-13-19(20-15-5-3-4-6-17(15)24)8-11-23(12-9-19)18(26)16-7-10-22(2)21-16/h3-7,10,20H,8-9,11-13H2,1-2H3. The van der Waals surface area contributed by atoms with E-state index in [4.69, 9.17) is 0 Å². The molecule has 2 aliphatic heterocycles. The SMILES string of the molecule is CC(=O)N1CC2(CCN(C(=O)c3ccn(C)n3)CC2)Nc2ccccc21. The smallest absolute Gasteiger partial charge is 0.274 e. The minimum atomic E-state index is -0.194. The largest absolute Gasteiger partial charge is 0.376 e. The first-order valence-corrected chi connectivity index (χ1v) is 8.92. The third-order valence-corrected chi connectivity index (χ3v) is 5.38. The van der Waals surface area contributed by atoms with Crippen molar-refractivity contribution in [1.29, 1.82) is 0 Å². The molecule has 4 rings (SSSR count). The molecule has 1 fully saturated rings. The van der Waals surface area contributed by atoms with Crippen molar-refractivity contribution in [2.24, 2.45) is 7.05 Å². The minimum absolute atomic E-state index is 0.0277. The molecule has 2 aliphatic rings. The van der Waals surface area contributed by atoms with Crippen molar-refractivity contribution in [1.82, 2.24) is 14.7 Å². The van der Waals surface area contributed by atoms with E-state index < -0.39 is 0 Å². The Morgan fingerprint density at radius 1 is 1.15 bits per heavy atom. The van der Waals surface area contributed by atoms with E-state index in [9.17, 15) is 9.59 Å². The zero-order chi connectivity index (χ0) is 18.3. The van der Waals surface area contributed by atoms with Gasteiger partial charge < -0.3 is 15.1 Å². The fourth-order valence-electron chi connectivity index (χ4n) is 3.92. The quantitative estimate of drug-likeness (QED) is 0.850. The molecule has 0 aliphatic carbocycles. The number of hydrogen-bond donors (Lipinski definition) is 1. The van der Waals surface area contributed by atoms with Crippen molar-refractivity contribution < 1.29 is 9.59 Å². The number of aryl methyl sites for hydroxylation is 1. The molecular weight excluding hydrogens is 330 g/mol. The van der Waals surface area contributed by atoms with Crippen molar-refractivity contribution in [3.8, 4) is 0 Å². The first kappa shape index (κ1) is 16.6. The summed E-state index contributed by atoms with van der Waals surface area (Å²) in [7, 11) is 1.81. The third kappa shape index (κ3) is 2.83. The summed E-state index contributed by atoms with van der Waals surface area (Å²) in [6, 6.07) is 9.65. The van der Waals surface area contributed by atoms with Crippen LogP contribution in [0.2, 0.25) is 0 Å². The van der Waals surface area contributed by atoms with Crippen LogP contribution in [0.4, 0.5) is 11.4 Å². The van der Waals surface area contributed by atoms with Gasteiger partial charge in [0, 0.05) is 39.8 Å². The van der Waals surface area contributed by atoms with Crippen molar-refractivity contribution in [2.75, 3.05) is 29.9 Å². The van der Waals surface area contributed by atoms with Gasteiger partial charge >= 0.3 is 0 Å². The van der Waals surface area contributed by atoms with E-state index in [2.05, 4.69) is 10.4 Å². The summed E-state index contributed by atoms with van der Waals surface area (Å²) >= 11 is 0. The van der Waals surface area contributed by atoms with Crippen molar-refractivity contribution in [2.45, 2.75) is 25.3 Å². The lowest BCUT2D eigenvalue weighted by Gasteiger charge is -2.48. The summed E-state index contributed by atoms with van der Waals surface area (Å²) in [6.07, 6.45) is 3.37. The van der Waals surface area contributed by atoms with Crippen LogP contribution in [0, 0.1) is 0 Å². The lowest BCUT2D eigenvalue weighted by Crippen LogP contribution is -2.59. The molecule has 1 N–H and O–H groups in total. The van der Waals surface area contributed by atoms with Gasteiger partial charge in [-0.15, -0.1) is 0 Å². The maximum Gasteiger partial charge on any atom is 0.274 e. The summed E-state index contributed by atoms with van der Waals surface area (Å²) in [4.78, 5) is 28.5. The predicted molar refractivity (Wildman–Crippen MR) is 99.2 cm³/mol. The summed E-state index contributed by atoms with van der Waals surface area (Å²) < 4.78 is 1.64. The van der Waals surface area contributed by atoms with Crippen LogP contribution in [0.15, 0.2) is 36.5 Å². The lowest BCUT2D eigenvalue weighted by atomic mass is 9.84. The Kier molecular flexibility index (Phi) is 3.94. The summed E-state index contributed by atoms with van der Waals surface area (Å²) in [5, 5.41) is 7.86.